The van der Waals surface area contributed by atoms with Gasteiger partial charge in [0.15, 0.2) is 0 Å². The van der Waals surface area contributed by atoms with Crippen LogP contribution in [0.2, 0.25) is 0 Å². The molecule has 1 spiro atoms. The van der Waals surface area contributed by atoms with E-state index in [4.69, 9.17) is 16.2 Å². The summed E-state index contributed by atoms with van der Waals surface area (Å²) in [5, 5.41) is 0. The zero-order valence-electron chi connectivity index (χ0n) is 11.1. The van der Waals surface area contributed by atoms with Crippen LogP contribution in [0.4, 0.5) is 4.39 Å². The number of rotatable bonds is 2. The number of nitrogens with zero attached hydrogens (tertiary/aromatic N) is 1. The topological polar surface area (TPSA) is 90.7 Å². The number of amides is 1. The van der Waals surface area contributed by atoms with Gasteiger partial charge in [-0.25, -0.2) is 9.38 Å². The van der Waals surface area contributed by atoms with Gasteiger partial charge in [0, 0.05) is 16.5 Å². The molecule has 1 saturated carbocycles. The molecule has 6 heteroatoms. The Kier molecular flexibility index (Phi) is 2.54. The Bertz CT molecular complexity index is 625. The van der Waals surface area contributed by atoms with Crippen LogP contribution in [0.15, 0.2) is 23.2 Å². The molecule has 1 aromatic rings. The second-order valence-electron chi connectivity index (χ2n) is 5.65. The van der Waals surface area contributed by atoms with Crippen LogP contribution in [0, 0.1) is 11.2 Å². The van der Waals surface area contributed by atoms with Crippen LogP contribution in [0.1, 0.15) is 35.7 Å². The molecule has 1 atom stereocenters. The summed E-state index contributed by atoms with van der Waals surface area (Å²) in [5.74, 6) is -1.01. The molecule has 0 aromatic heterocycles. The van der Waals surface area contributed by atoms with Crippen LogP contribution in [0.5, 0.6) is 0 Å². The fraction of sp³-hybridized carbons (Fsp3) is 0.429. The Morgan fingerprint density at radius 2 is 2.15 bits per heavy atom. The van der Waals surface area contributed by atoms with E-state index in [9.17, 15) is 9.18 Å². The van der Waals surface area contributed by atoms with Crippen LogP contribution < -0.4 is 11.5 Å². The first-order valence-corrected chi connectivity index (χ1v) is 6.46. The molecule has 106 valence electrons. The summed E-state index contributed by atoms with van der Waals surface area (Å²) in [6.45, 7) is 2.25. The summed E-state index contributed by atoms with van der Waals surface area (Å²) in [6, 6.07) is 4.14. The summed E-state index contributed by atoms with van der Waals surface area (Å²) in [5.41, 5.74) is 10.5. The monoisotopic (exact) mass is 277 g/mol. The molecule has 1 aliphatic carbocycles. The maximum absolute atomic E-state index is 14.3. The molecular formula is C14H16FN3O2. The molecule has 0 bridgehead atoms. The predicted molar refractivity (Wildman–Crippen MR) is 71.5 cm³/mol. The van der Waals surface area contributed by atoms with Crippen LogP contribution in [-0.2, 0) is 10.3 Å². The number of hydrogen-bond donors (Lipinski definition) is 2. The number of ether oxygens (including phenoxy) is 1. The zero-order valence-corrected chi connectivity index (χ0v) is 11.1. The second kappa shape index (κ2) is 3.94. The molecule has 0 saturated heterocycles. The minimum atomic E-state index is -0.828. The molecule has 20 heavy (non-hydrogen) atoms. The molecule has 0 unspecified atom stereocenters. The third kappa shape index (κ3) is 1.67. The third-order valence-corrected chi connectivity index (χ3v) is 4.49. The lowest BCUT2D eigenvalue weighted by molar-refractivity contribution is 0.0998. The van der Waals surface area contributed by atoms with Gasteiger partial charge in [-0.3, -0.25) is 4.79 Å². The number of benzene rings is 1. The number of aliphatic imine (C=N–C) groups is 1. The predicted octanol–water partition coefficient (Wildman–Crippen LogP) is 1.26. The highest BCUT2D eigenvalue weighted by Gasteiger charge is 2.61. The third-order valence-electron chi connectivity index (χ3n) is 4.49. The Morgan fingerprint density at radius 3 is 2.75 bits per heavy atom. The zero-order chi connectivity index (χ0) is 14.5. The SMILES string of the molecule is C[C@@]1(c2cc(C(N)=O)ccc2F)N=C(N)OCC12CC2. The molecule has 1 fully saturated rings. The van der Waals surface area contributed by atoms with E-state index >= 15 is 0 Å². The van der Waals surface area contributed by atoms with E-state index in [0.717, 1.165) is 12.8 Å². The maximum atomic E-state index is 14.3. The van der Waals surface area contributed by atoms with E-state index in [1.165, 1.54) is 18.2 Å². The molecule has 4 N–H and O–H groups in total. The van der Waals surface area contributed by atoms with Gasteiger partial charge in [0.05, 0.1) is 12.1 Å². The van der Waals surface area contributed by atoms with Crippen LogP contribution in [-0.4, -0.2) is 18.5 Å². The number of carbonyl (C=O) groups excluding carboxylic acids is 1. The van der Waals surface area contributed by atoms with Crippen LogP contribution in [0.3, 0.4) is 0 Å². The quantitative estimate of drug-likeness (QED) is 0.852. The Hall–Kier alpha value is -2.11. The number of nitrogens with two attached hydrogens (primary N) is 2. The highest BCUT2D eigenvalue weighted by atomic mass is 19.1. The van der Waals surface area contributed by atoms with E-state index in [0.29, 0.717) is 12.2 Å². The summed E-state index contributed by atoms with van der Waals surface area (Å²) in [4.78, 5) is 15.6. The number of hydrogen-bond acceptors (Lipinski definition) is 4. The molecule has 1 aromatic carbocycles. The van der Waals surface area contributed by atoms with Gasteiger partial charge in [-0.1, -0.05) is 0 Å². The highest BCUT2D eigenvalue weighted by molar-refractivity contribution is 5.93. The van der Waals surface area contributed by atoms with Crippen molar-refractivity contribution in [3.05, 3.63) is 35.1 Å². The fourth-order valence-electron chi connectivity index (χ4n) is 2.90. The van der Waals surface area contributed by atoms with Crippen molar-refractivity contribution >= 4 is 11.9 Å². The van der Waals surface area contributed by atoms with Gasteiger partial charge in [-0.15, -0.1) is 0 Å². The highest BCUT2D eigenvalue weighted by Crippen LogP contribution is 2.61. The first kappa shape index (κ1) is 12.9. The van der Waals surface area contributed by atoms with E-state index in [-0.39, 0.29) is 17.0 Å². The van der Waals surface area contributed by atoms with Crippen molar-refractivity contribution in [1.82, 2.24) is 0 Å². The fourth-order valence-corrected chi connectivity index (χ4v) is 2.90. The summed E-state index contributed by atoms with van der Waals surface area (Å²) in [7, 11) is 0. The smallest absolute Gasteiger partial charge is 0.282 e. The van der Waals surface area contributed by atoms with Gasteiger partial charge in [-0.05, 0) is 38.0 Å². The molecule has 1 amide bonds. The summed E-state index contributed by atoms with van der Waals surface area (Å²) < 4.78 is 19.6. The lowest BCUT2D eigenvalue weighted by atomic mass is 9.76. The summed E-state index contributed by atoms with van der Waals surface area (Å²) >= 11 is 0. The van der Waals surface area contributed by atoms with E-state index in [1.54, 1.807) is 0 Å². The normalized spacial score (nSPS) is 26.8. The minimum absolute atomic E-state index is 0.0499. The average molecular weight is 277 g/mol. The maximum Gasteiger partial charge on any atom is 0.282 e. The summed E-state index contributed by atoms with van der Waals surface area (Å²) in [6.07, 6.45) is 1.78. The Balaban J connectivity index is 2.17. The number of halogens is 1. The van der Waals surface area contributed by atoms with Crippen molar-refractivity contribution in [2.75, 3.05) is 6.61 Å². The van der Waals surface area contributed by atoms with Crippen molar-refractivity contribution < 1.29 is 13.9 Å². The standard InChI is InChI=1S/C14H16FN3O2/c1-13(14(4-5-14)7-20-12(17)18-13)9-6-8(11(16)19)2-3-10(9)15/h2-3,6H,4-5,7H2,1H3,(H2,16,19)(H2,17,18)/t13-/m0/s1. The average Bonchev–Trinajstić information content (AvgIpc) is 3.16. The van der Waals surface area contributed by atoms with Crippen molar-refractivity contribution in [2.45, 2.75) is 25.3 Å². The van der Waals surface area contributed by atoms with Crippen molar-refractivity contribution in [2.24, 2.45) is 21.9 Å². The van der Waals surface area contributed by atoms with Gasteiger partial charge in [0.25, 0.3) is 6.02 Å². The lowest BCUT2D eigenvalue weighted by Gasteiger charge is -2.38. The van der Waals surface area contributed by atoms with E-state index in [2.05, 4.69) is 4.99 Å². The van der Waals surface area contributed by atoms with Gasteiger partial charge < -0.3 is 16.2 Å². The second-order valence-corrected chi connectivity index (χ2v) is 5.65. The first-order chi connectivity index (χ1) is 9.38. The van der Waals surface area contributed by atoms with Gasteiger partial charge in [0.1, 0.15) is 5.82 Å². The Labute approximate surface area is 115 Å². The first-order valence-electron chi connectivity index (χ1n) is 6.46. The van der Waals surface area contributed by atoms with E-state index < -0.39 is 17.3 Å². The molecular weight excluding hydrogens is 261 g/mol. The lowest BCUT2D eigenvalue weighted by Crippen LogP contribution is -2.44. The van der Waals surface area contributed by atoms with Crippen molar-refractivity contribution in [3.63, 3.8) is 0 Å². The van der Waals surface area contributed by atoms with Crippen molar-refractivity contribution in [3.8, 4) is 0 Å². The molecule has 1 heterocycles. The molecule has 2 aliphatic rings. The van der Waals surface area contributed by atoms with Gasteiger partial charge in [-0.2, -0.15) is 0 Å². The minimum Gasteiger partial charge on any atom is -0.465 e. The largest absolute Gasteiger partial charge is 0.465 e. The van der Waals surface area contributed by atoms with Crippen molar-refractivity contribution in [1.29, 1.82) is 0 Å². The van der Waals surface area contributed by atoms with Gasteiger partial charge >= 0.3 is 0 Å². The molecule has 0 radical (unpaired) electrons. The number of amidine groups is 1. The van der Waals surface area contributed by atoms with E-state index in [1.807, 2.05) is 6.92 Å². The number of primary amides is 1. The molecule has 5 nitrogen and oxygen atoms in total. The molecule has 1 aliphatic heterocycles. The van der Waals surface area contributed by atoms with Crippen LogP contribution >= 0.6 is 0 Å². The van der Waals surface area contributed by atoms with Crippen LogP contribution in [0.25, 0.3) is 0 Å². The van der Waals surface area contributed by atoms with Gasteiger partial charge in [0.2, 0.25) is 5.91 Å². The molecule has 3 rings (SSSR count). The Morgan fingerprint density at radius 1 is 1.45 bits per heavy atom. The number of carbonyl (C=O) groups is 1.